The average Bonchev–Trinajstić information content (AvgIpc) is 1.98. The third-order valence-electron chi connectivity index (χ3n) is 1.44. The molecule has 0 aliphatic rings. The molecule has 0 aromatic carbocycles. The Morgan fingerprint density at radius 1 is 1.60 bits per heavy atom. The lowest BCUT2D eigenvalue weighted by atomic mass is 10.4. The molecule has 0 unspecified atom stereocenters. The topological polar surface area (TPSA) is 3.24 Å². The summed E-state index contributed by atoms with van der Waals surface area (Å²) in [5.74, 6) is 0. The molecule has 60 valence electrons. The first-order chi connectivity index (χ1) is 4.85. The van der Waals surface area contributed by atoms with Gasteiger partial charge in [0.2, 0.25) is 0 Å². The van der Waals surface area contributed by atoms with Gasteiger partial charge in [0, 0.05) is 11.9 Å². The Morgan fingerprint density at radius 3 is 2.70 bits per heavy atom. The Morgan fingerprint density at radius 2 is 2.30 bits per heavy atom. The van der Waals surface area contributed by atoms with E-state index in [0.717, 1.165) is 18.4 Å². The van der Waals surface area contributed by atoms with Gasteiger partial charge in [0.25, 0.3) is 0 Å². The summed E-state index contributed by atoms with van der Waals surface area (Å²) >= 11 is 3.41. The largest absolute Gasteiger partial charge is 0.300 e. The fourth-order valence-corrected chi connectivity index (χ4v) is 1.10. The molecule has 0 heterocycles. The summed E-state index contributed by atoms with van der Waals surface area (Å²) in [7, 11) is 0. The number of likely N-dealkylation sites (N-methyl/N-ethyl adjacent to an activating group) is 1. The number of alkyl halides is 1. The van der Waals surface area contributed by atoms with Gasteiger partial charge in [0.1, 0.15) is 0 Å². The van der Waals surface area contributed by atoms with E-state index in [1.165, 1.54) is 13.0 Å². The van der Waals surface area contributed by atoms with Crippen LogP contribution < -0.4 is 0 Å². The minimum Gasteiger partial charge on any atom is -0.300 e. The van der Waals surface area contributed by atoms with Crippen molar-refractivity contribution in [2.75, 3.05) is 25.0 Å². The molecule has 0 amide bonds. The van der Waals surface area contributed by atoms with E-state index in [-0.39, 0.29) is 0 Å². The Hall–Kier alpha value is 0.180. The zero-order chi connectivity index (χ0) is 7.82. The van der Waals surface area contributed by atoms with Crippen LogP contribution >= 0.6 is 15.9 Å². The maximum absolute atomic E-state index is 3.70. The van der Waals surface area contributed by atoms with Crippen LogP contribution in [0.5, 0.6) is 0 Å². The minimum absolute atomic E-state index is 1.02. The summed E-state index contributed by atoms with van der Waals surface area (Å²) in [6, 6.07) is 0. The van der Waals surface area contributed by atoms with Crippen LogP contribution in [0.2, 0.25) is 0 Å². The normalized spacial score (nSPS) is 10.3. The van der Waals surface area contributed by atoms with Crippen molar-refractivity contribution in [3.63, 3.8) is 0 Å². The molecule has 0 rings (SSSR count). The number of hydrogen-bond donors (Lipinski definition) is 0. The molecule has 0 aromatic heterocycles. The summed E-state index contributed by atoms with van der Waals surface area (Å²) in [6.07, 6.45) is 3.18. The number of halogens is 1. The number of rotatable bonds is 6. The first-order valence-electron chi connectivity index (χ1n) is 3.74. The molecule has 10 heavy (non-hydrogen) atoms. The zero-order valence-electron chi connectivity index (χ0n) is 6.65. The molecule has 1 nitrogen and oxygen atoms in total. The molecule has 0 aliphatic heterocycles. The number of hydrogen-bond acceptors (Lipinski definition) is 1. The van der Waals surface area contributed by atoms with Gasteiger partial charge < -0.3 is 0 Å². The fraction of sp³-hybridized carbons (Fsp3) is 0.750. The van der Waals surface area contributed by atoms with Gasteiger partial charge in [0.15, 0.2) is 0 Å². The van der Waals surface area contributed by atoms with Crippen molar-refractivity contribution >= 4 is 15.9 Å². The summed E-state index contributed by atoms with van der Waals surface area (Å²) in [5, 5.41) is 1.10. The highest BCUT2D eigenvalue weighted by Crippen LogP contribution is 1.93. The summed E-state index contributed by atoms with van der Waals surface area (Å²) in [6.45, 7) is 9.20. The quantitative estimate of drug-likeness (QED) is 0.476. The number of nitrogens with zero attached hydrogens (tertiary/aromatic N) is 1. The van der Waals surface area contributed by atoms with E-state index in [9.17, 15) is 0 Å². The molecule has 0 aromatic rings. The smallest absolute Gasteiger partial charge is 0.0160 e. The molecule has 0 saturated carbocycles. The van der Waals surface area contributed by atoms with Crippen LogP contribution in [0.25, 0.3) is 0 Å². The third-order valence-corrected chi connectivity index (χ3v) is 2.00. The van der Waals surface area contributed by atoms with Crippen molar-refractivity contribution in [2.24, 2.45) is 0 Å². The second-order valence-corrected chi connectivity index (χ2v) is 3.02. The molecule has 0 aliphatic carbocycles. The maximum Gasteiger partial charge on any atom is 0.0160 e. The Balaban J connectivity index is 3.29. The highest BCUT2D eigenvalue weighted by Gasteiger charge is 1.96. The van der Waals surface area contributed by atoms with Gasteiger partial charge in [-0.05, 0) is 19.5 Å². The standard InChI is InChI=1S/C8H16BrN/c1-3-7-10(4-2)8-5-6-9/h3H,1,4-8H2,2H3. The van der Waals surface area contributed by atoms with Gasteiger partial charge in [-0.15, -0.1) is 6.58 Å². The van der Waals surface area contributed by atoms with Gasteiger partial charge in [0.05, 0.1) is 0 Å². The maximum atomic E-state index is 3.70. The van der Waals surface area contributed by atoms with Gasteiger partial charge >= 0.3 is 0 Å². The summed E-state index contributed by atoms with van der Waals surface area (Å²) in [5.41, 5.74) is 0. The van der Waals surface area contributed by atoms with Crippen LogP contribution in [0, 0.1) is 0 Å². The van der Waals surface area contributed by atoms with Crippen molar-refractivity contribution in [3.05, 3.63) is 12.7 Å². The zero-order valence-corrected chi connectivity index (χ0v) is 8.23. The van der Waals surface area contributed by atoms with Crippen LogP contribution in [-0.4, -0.2) is 29.9 Å². The summed E-state index contributed by atoms with van der Waals surface area (Å²) < 4.78 is 0. The molecule has 0 N–H and O–H groups in total. The average molecular weight is 206 g/mol. The van der Waals surface area contributed by atoms with E-state index in [1.807, 2.05) is 6.08 Å². The molecule has 0 fully saturated rings. The Labute approximate surface area is 72.2 Å². The molecule has 0 radical (unpaired) electrons. The van der Waals surface area contributed by atoms with Crippen LogP contribution in [-0.2, 0) is 0 Å². The second-order valence-electron chi connectivity index (χ2n) is 2.22. The lowest BCUT2D eigenvalue weighted by molar-refractivity contribution is 0.321. The first kappa shape index (κ1) is 10.2. The first-order valence-corrected chi connectivity index (χ1v) is 4.86. The van der Waals surface area contributed by atoms with Gasteiger partial charge in [-0.3, -0.25) is 4.90 Å². The van der Waals surface area contributed by atoms with E-state index >= 15 is 0 Å². The van der Waals surface area contributed by atoms with E-state index < -0.39 is 0 Å². The van der Waals surface area contributed by atoms with E-state index in [1.54, 1.807) is 0 Å². The van der Waals surface area contributed by atoms with Crippen LogP contribution in [0.3, 0.4) is 0 Å². The van der Waals surface area contributed by atoms with Gasteiger partial charge in [-0.25, -0.2) is 0 Å². The highest BCUT2D eigenvalue weighted by molar-refractivity contribution is 9.09. The molecule has 0 saturated heterocycles. The van der Waals surface area contributed by atoms with Crippen molar-refractivity contribution in [1.82, 2.24) is 4.90 Å². The molecular formula is C8H16BrN. The van der Waals surface area contributed by atoms with Crippen LogP contribution in [0.4, 0.5) is 0 Å². The van der Waals surface area contributed by atoms with E-state index in [4.69, 9.17) is 0 Å². The van der Waals surface area contributed by atoms with Crippen molar-refractivity contribution in [1.29, 1.82) is 0 Å². The molecular weight excluding hydrogens is 190 g/mol. The lowest BCUT2D eigenvalue weighted by Crippen LogP contribution is -2.24. The summed E-state index contributed by atoms with van der Waals surface area (Å²) in [4.78, 5) is 2.37. The second kappa shape index (κ2) is 7.29. The van der Waals surface area contributed by atoms with Crippen LogP contribution in [0.1, 0.15) is 13.3 Å². The Kier molecular flexibility index (Phi) is 7.42. The van der Waals surface area contributed by atoms with Crippen molar-refractivity contribution < 1.29 is 0 Å². The van der Waals surface area contributed by atoms with Crippen LogP contribution in [0.15, 0.2) is 12.7 Å². The van der Waals surface area contributed by atoms with Gasteiger partial charge in [-0.1, -0.05) is 28.9 Å². The predicted octanol–water partition coefficient (Wildman–Crippen LogP) is 2.28. The predicted molar refractivity (Wildman–Crippen MR) is 50.7 cm³/mol. The van der Waals surface area contributed by atoms with Gasteiger partial charge in [-0.2, -0.15) is 0 Å². The molecule has 2 heteroatoms. The van der Waals surface area contributed by atoms with E-state index in [0.29, 0.717) is 0 Å². The van der Waals surface area contributed by atoms with E-state index in [2.05, 4.69) is 34.3 Å². The molecule has 0 bridgehead atoms. The van der Waals surface area contributed by atoms with Crippen molar-refractivity contribution in [3.8, 4) is 0 Å². The minimum atomic E-state index is 1.02. The Bertz CT molecular complexity index is 83.3. The fourth-order valence-electron chi connectivity index (χ4n) is 0.844. The molecule has 0 spiro atoms. The lowest BCUT2D eigenvalue weighted by Gasteiger charge is -2.16. The highest BCUT2D eigenvalue weighted by atomic mass is 79.9. The SMILES string of the molecule is C=CCN(CC)CCCBr. The third kappa shape index (κ3) is 5.00. The van der Waals surface area contributed by atoms with Crippen molar-refractivity contribution in [2.45, 2.75) is 13.3 Å². The monoisotopic (exact) mass is 205 g/mol. The molecule has 0 atom stereocenters.